The van der Waals surface area contributed by atoms with Crippen LogP contribution < -0.4 is 0 Å². The van der Waals surface area contributed by atoms with Crippen LogP contribution in [0.4, 0.5) is 0 Å². The summed E-state index contributed by atoms with van der Waals surface area (Å²) in [5.74, 6) is 1.10. The van der Waals surface area contributed by atoms with Crippen molar-refractivity contribution in [1.29, 1.82) is 0 Å². The molecule has 0 aromatic heterocycles. The molecule has 2 saturated heterocycles. The highest BCUT2D eigenvalue weighted by Gasteiger charge is 2.77. The standard InChI is InChI=1S/C31H38N2O3/c1-29(2,36)12-14-32-15-13-31-24-17-22(34)9-8-21(24)16-26(32)30(31)11-10-25-27(31)23(18-30)28(35)33(25)19-20-6-4-3-5-7-20/h3-9,17,23,25-27,34,36H,10-16,18-19H2,1-2H3/t23-,25?,26?,27?,30?,31?/m0/s1. The fourth-order valence-corrected chi connectivity index (χ4v) is 9.62. The van der Waals surface area contributed by atoms with Crippen molar-refractivity contribution in [3.05, 3.63) is 65.2 Å². The van der Waals surface area contributed by atoms with Crippen LogP contribution in [0, 0.1) is 17.3 Å². The molecule has 190 valence electrons. The number of carbonyl (C=O) groups is 1. The third kappa shape index (κ3) is 2.93. The predicted molar refractivity (Wildman–Crippen MR) is 138 cm³/mol. The minimum atomic E-state index is -0.678. The lowest BCUT2D eigenvalue weighted by molar-refractivity contribution is -0.139. The topological polar surface area (TPSA) is 64.0 Å². The lowest BCUT2D eigenvalue weighted by atomic mass is 9.43. The van der Waals surface area contributed by atoms with Crippen molar-refractivity contribution < 1.29 is 15.0 Å². The van der Waals surface area contributed by atoms with Gasteiger partial charge in [0.2, 0.25) is 5.91 Å². The number of nitrogens with zero attached hydrogens (tertiary/aromatic N) is 2. The van der Waals surface area contributed by atoms with Gasteiger partial charge in [-0.25, -0.2) is 0 Å². The average molecular weight is 487 g/mol. The summed E-state index contributed by atoms with van der Waals surface area (Å²) in [6.45, 7) is 6.41. The highest BCUT2D eigenvalue weighted by molar-refractivity contribution is 5.84. The van der Waals surface area contributed by atoms with Gasteiger partial charge in [-0.1, -0.05) is 36.4 Å². The summed E-state index contributed by atoms with van der Waals surface area (Å²) < 4.78 is 0. The van der Waals surface area contributed by atoms with Crippen LogP contribution in [0.25, 0.3) is 0 Å². The van der Waals surface area contributed by atoms with Gasteiger partial charge in [-0.2, -0.15) is 0 Å². The number of fused-ring (bicyclic) bond motifs is 1. The smallest absolute Gasteiger partial charge is 0.226 e. The molecule has 36 heavy (non-hydrogen) atoms. The molecular formula is C31H38N2O3. The summed E-state index contributed by atoms with van der Waals surface area (Å²) in [7, 11) is 0. The predicted octanol–water partition coefficient (Wildman–Crippen LogP) is 4.25. The van der Waals surface area contributed by atoms with Crippen molar-refractivity contribution in [2.24, 2.45) is 17.3 Å². The van der Waals surface area contributed by atoms with Crippen LogP contribution >= 0.6 is 0 Å². The molecule has 3 aliphatic carbocycles. The summed E-state index contributed by atoms with van der Waals surface area (Å²) in [6, 6.07) is 17.2. The van der Waals surface area contributed by atoms with Crippen LogP contribution in [0.15, 0.2) is 48.5 Å². The molecule has 2 aromatic rings. The van der Waals surface area contributed by atoms with Gasteiger partial charge in [0.05, 0.1) is 5.60 Å². The molecule has 5 heteroatoms. The zero-order valence-electron chi connectivity index (χ0n) is 21.5. The van der Waals surface area contributed by atoms with Crippen LogP contribution in [-0.4, -0.2) is 56.7 Å². The molecule has 2 aliphatic heterocycles. The Bertz CT molecular complexity index is 1210. The maximum atomic E-state index is 14.1. The van der Waals surface area contributed by atoms with Crippen molar-refractivity contribution in [2.75, 3.05) is 13.1 Å². The van der Waals surface area contributed by atoms with E-state index in [4.69, 9.17) is 0 Å². The lowest BCUT2D eigenvalue weighted by Crippen LogP contribution is -2.69. The van der Waals surface area contributed by atoms with Crippen LogP contribution in [0.2, 0.25) is 0 Å². The van der Waals surface area contributed by atoms with Crippen molar-refractivity contribution >= 4 is 5.91 Å². The van der Waals surface area contributed by atoms with E-state index in [1.807, 2.05) is 26.0 Å². The Hall–Kier alpha value is -2.37. The highest BCUT2D eigenvalue weighted by Crippen LogP contribution is 2.75. The normalized spacial score (nSPS) is 36.6. The Morgan fingerprint density at radius 2 is 1.92 bits per heavy atom. The molecule has 0 radical (unpaired) electrons. The quantitative estimate of drug-likeness (QED) is 0.663. The van der Waals surface area contributed by atoms with E-state index in [0.29, 0.717) is 30.2 Å². The number of amides is 1. The average Bonchev–Trinajstić information content (AvgIpc) is 3.22. The molecular weight excluding hydrogens is 448 g/mol. The number of phenolic OH excluding ortho intramolecular Hbond substituents is 1. The third-order valence-electron chi connectivity index (χ3n) is 10.8. The van der Waals surface area contributed by atoms with Crippen molar-refractivity contribution in [1.82, 2.24) is 9.80 Å². The van der Waals surface area contributed by atoms with Gasteiger partial charge in [-0.3, -0.25) is 9.69 Å². The third-order valence-corrected chi connectivity index (χ3v) is 10.8. The molecule has 4 fully saturated rings. The van der Waals surface area contributed by atoms with Gasteiger partial charge in [0, 0.05) is 42.4 Å². The maximum Gasteiger partial charge on any atom is 0.226 e. The zero-order valence-corrected chi connectivity index (χ0v) is 21.5. The SMILES string of the molecule is CC(C)(O)CCN1CCC23c4cc(O)ccc4CC1C21CCC2C3[C@H](C1)C(=O)N2Cc1ccccc1. The van der Waals surface area contributed by atoms with E-state index >= 15 is 0 Å². The number of aliphatic hydroxyl groups is 1. The molecule has 6 atom stereocenters. The molecule has 7 rings (SSSR count). The number of carbonyl (C=O) groups excluding carboxylic acids is 1. The first-order valence-corrected chi connectivity index (χ1v) is 13.9. The van der Waals surface area contributed by atoms with E-state index in [-0.39, 0.29) is 22.8 Å². The van der Waals surface area contributed by atoms with E-state index < -0.39 is 5.60 Å². The minimum absolute atomic E-state index is 0.0517. The summed E-state index contributed by atoms with van der Waals surface area (Å²) in [5, 5.41) is 21.1. The van der Waals surface area contributed by atoms with E-state index in [9.17, 15) is 15.0 Å². The minimum Gasteiger partial charge on any atom is -0.508 e. The number of likely N-dealkylation sites (tertiary alicyclic amines) is 2. The van der Waals surface area contributed by atoms with Gasteiger partial charge in [0.1, 0.15) is 5.75 Å². The Morgan fingerprint density at radius 3 is 2.69 bits per heavy atom. The van der Waals surface area contributed by atoms with E-state index in [1.54, 1.807) is 0 Å². The molecule has 1 amide bonds. The molecule has 5 aliphatic rings. The molecule has 5 unspecified atom stereocenters. The van der Waals surface area contributed by atoms with E-state index in [0.717, 1.165) is 51.6 Å². The second kappa shape index (κ2) is 7.58. The second-order valence-corrected chi connectivity index (χ2v) is 12.9. The van der Waals surface area contributed by atoms with Gasteiger partial charge in [0.25, 0.3) is 0 Å². The van der Waals surface area contributed by atoms with Crippen LogP contribution in [0.5, 0.6) is 5.75 Å². The number of hydrogen-bond acceptors (Lipinski definition) is 4. The summed E-state index contributed by atoms with van der Waals surface area (Å²) in [6.07, 6.45) is 5.96. The first kappa shape index (κ1) is 22.8. The van der Waals surface area contributed by atoms with Crippen molar-refractivity contribution in [2.45, 2.75) is 82.0 Å². The maximum absolute atomic E-state index is 14.1. The number of phenols is 1. The Kier molecular flexibility index (Phi) is 4.80. The molecule has 5 nitrogen and oxygen atoms in total. The van der Waals surface area contributed by atoms with E-state index in [1.165, 1.54) is 16.7 Å². The summed E-state index contributed by atoms with van der Waals surface area (Å²) in [4.78, 5) is 18.9. The van der Waals surface area contributed by atoms with Crippen LogP contribution in [0.3, 0.4) is 0 Å². The van der Waals surface area contributed by atoms with Crippen LogP contribution in [0.1, 0.15) is 62.6 Å². The Morgan fingerprint density at radius 1 is 1.11 bits per heavy atom. The number of aromatic hydroxyl groups is 1. The largest absolute Gasteiger partial charge is 0.508 e. The number of hydrogen-bond donors (Lipinski definition) is 2. The molecule has 4 bridgehead atoms. The van der Waals surface area contributed by atoms with Gasteiger partial charge < -0.3 is 15.1 Å². The fourth-order valence-electron chi connectivity index (χ4n) is 9.62. The Labute approximate surface area is 214 Å². The zero-order chi connectivity index (χ0) is 24.9. The second-order valence-electron chi connectivity index (χ2n) is 12.9. The lowest BCUT2D eigenvalue weighted by Gasteiger charge is -2.66. The van der Waals surface area contributed by atoms with Crippen LogP contribution in [-0.2, 0) is 23.2 Å². The monoisotopic (exact) mass is 486 g/mol. The molecule has 2 heterocycles. The number of piperidine rings is 1. The first-order chi connectivity index (χ1) is 17.2. The van der Waals surface area contributed by atoms with Gasteiger partial charge >= 0.3 is 0 Å². The van der Waals surface area contributed by atoms with Gasteiger partial charge in [0.15, 0.2) is 0 Å². The van der Waals surface area contributed by atoms with E-state index in [2.05, 4.69) is 46.2 Å². The number of benzene rings is 2. The molecule has 2 N–H and O–H groups in total. The van der Waals surface area contributed by atoms with Gasteiger partial charge in [-0.05, 0) is 93.2 Å². The summed E-state index contributed by atoms with van der Waals surface area (Å²) in [5.41, 5.74) is 3.25. The number of rotatable bonds is 5. The van der Waals surface area contributed by atoms with Crippen molar-refractivity contribution in [3.63, 3.8) is 0 Å². The molecule has 2 aromatic carbocycles. The Balaban J connectivity index is 1.33. The van der Waals surface area contributed by atoms with Gasteiger partial charge in [-0.15, -0.1) is 0 Å². The highest BCUT2D eigenvalue weighted by atomic mass is 16.3. The fraction of sp³-hybridized carbons (Fsp3) is 0.581. The summed E-state index contributed by atoms with van der Waals surface area (Å²) >= 11 is 0. The van der Waals surface area contributed by atoms with Crippen molar-refractivity contribution in [3.8, 4) is 5.75 Å². The molecule has 2 saturated carbocycles. The first-order valence-electron chi connectivity index (χ1n) is 13.9. The molecule has 0 spiro atoms.